The van der Waals surface area contributed by atoms with Gasteiger partial charge in [-0.1, -0.05) is 0 Å². The van der Waals surface area contributed by atoms with E-state index in [-0.39, 0.29) is 5.91 Å². The molecule has 5 heteroatoms. The van der Waals surface area contributed by atoms with Crippen LogP contribution in [0.3, 0.4) is 0 Å². The van der Waals surface area contributed by atoms with Crippen molar-refractivity contribution in [1.29, 1.82) is 0 Å². The van der Waals surface area contributed by atoms with Crippen LogP contribution in [0.2, 0.25) is 0 Å². The van der Waals surface area contributed by atoms with Gasteiger partial charge in [0.1, 0.15) is 0 Å². The monoisotopic (exact) mass is 236 g/mol. The maximum absolute atomic E-state index is 11.6. The average molecular weight is 236 g/mol. The van der Waals surface area contributed by atoms with Gasteiger partial charge < -0.3 is 15.6 Å². The lowest BCUT2D eigenvalue weighted by atomic mass is 10.0. The Labute approximate surface area is 101 Å². The SMILES string of the molecule is O=C(CCC1CCNC1)NCCc1cnc[nH]1. The van der Waals surface area contributed by atoms with E-state index in [0.717, 1.165) is 31.6 Å². The number of nitrogens with one attached hydrogen (secondary N) is 3. The number of H-pyrrole nitrogens is 1. The van der Waals surface area contributed by atoms with Gasteiger partial charge in [-0.25, -0.2) is 4.98 Å². The summed E-state index contributed by atoms with van der Waals surface area (Å²) < 4.78 is 0. The zero-order chi connectivity index (χ0) is 11.9. The minimum absolute atomic E-state index is 0.163. The smallest absolute Gasteiger partial charge is 0.220 e. The van der Waals surface area contributed by atoms with Crippen LogP contribution < -0.4 is 10.6 Å². The molecule has 1 aliphatic heterocycles. The number of aromatic amines is 1. The number of carbonyl (C=O) groups excluding carboxylic acids is 1. The molecule has 1 amide bonds. The Kier molecular flexibility index (Phi) is 4.55. The van der Waals surface area contributed by atoms with Crippen LogP contribution in [0.4, 0.5) is 0 Å². The number of hydrogen-bond donors (Lipinski definition) is 3. The summed E-state index contributed by atoms with van der Waals surface area (Å²) in [7, 11) is 0. The predicted octanol–water partition coefficient (Wildman–Crippen LogP) is 0.458. The Morgan fingerprint density at radius 2 is 2.53 bits per heavy atom. The van der Waals surface area contributed by atoms with Crippen molar-refractivity contribution >= 4 is 5.91 Å². The first-order valence-electron chi connectivity index (χ1n) is 6.29. The van der Waals surface area contributed by atoms with Crippen molar-refractivity contribution in [3.63, 3.8) is 0 Å². The van der Waals surface area contributed by atoms with E-state index < -0.39 is 0 Å². The van der Waals surface area contributed by atoms with Crippen LogP contribution in [0, 0.1) is 5.92 Å². The van der Waals surface area contributed by atoms with E-state index in [1.807, 2.05) is 0 Å². The number of hydrogen-bond acceptors (Lipinski definition) is 3. The molecule has 2 heterocycles. The summed E-state index contributed by atoms with van der Waals surface area (Å²) in [5, 5.41) is 6.25. The number of aromatic nitrogens is 2. The van der Waals surface area contributed by atoms with Gasteiger partial charge in [0.15, 0.2) is 0 Å². The first-order valence-corrected chi connectivity index (χ1v) is 6.29. The summed E-state index contributed by atoms with van der Waals surface area (Å²) in [6.45, 7) is 2.86. The fourth-order valence-corrected chi connectivity index (χ4v) is 2.14. The largest absolute Gasteiger partial charge is 0.356 e. The molecule has 1 saturated heterocycles. The molecule has 1 aromatic rings. The molecule has 0 aromatic carbocycles. The lowest BCUT2D eigenvalue weighted by molar-refractivity contribution is -0.121. The number of imidazole rings is 1. The molecule has 5 nitrogen and oxygen atoms in total. The maximum Gasteiger partial charge on any atom is 0.220 e. The molecule has 1 aromatic heterocycles. The second kappa shape index (κ2) is 6.39. The van der Waals surface area contributed by atoms with Gasteiger partial charge in [-0.05, 0) is 31.8 Å². The van der Waals surface area contributed by atoms with Crippen molar-refractivity contribution in [3.8, 4) is 0 Å². The normalized spacial score (nSPS) is 19.4. The highest BCUT2D eigenvalue weighted by molar-refractivity contribution is 5.75. The van der Waals surface area contributed by atoms with E-state index in [4.69, 9.17) is 0 Å². The molecular weight excluding hydrogens is 216 g/mol. The maximum atomic E-state index is 11.6. The number of nitrogens with zero attached hydrogens (tertiary/aromatic N) is 1. The second-order valence-corrected chi connectivity index (χ2v) is 4.57. The molecule has 0 radical (unpaired) electrons. The topological polar surface area (TPSA) is 69.8 Å². The Hall–Kier alpha value is -1.36. The third-order valence-corrected chi connectivity index (χ3v) is 3.21. The summed E-state index contributed by atoms with van der Waals surface area (Å²) in [5.41, 5.74) is 1.06. The molecule has 1 aliphatic rings. The fraction of sp³-hybridized carbons (Fsp3) is 0.667. The Bertz CT molecular complexity index is 330. The predicted molar refractivity (Wildman–Crippen MR) is 65.5 cm³/mol. The van der Waals surface area contributed by atoms with Crippen molar-refractivity contribution in [2.24, 2.45) is 5.92 Å². The first kappa shape index (κ1) is 12.1. The molecular formula is C12H20N4O. The van der Waals surface area contributed by atoms with E-state index in [2.05, 4.69) is 20.6 Å². The van der Waals surface area contributed by atoms with E-state index in [9.17, 15) is 4.79 Å². The summed E-state index contributed by atoms with van der Waals surface area (Å²) in [6.07, 6.45) is 7.12. The van der Waals surface area contributed by atoms with Gasteiger partial charge in [0.2, 0.25) is 5.91 Å². The van der Waals surface area contributed by atoms with Crippen molar-refractivity contribution < 1.29 is 4.79 Å². The quantitative estimate of drug-likeness (QED) is 0.672. The van der Waals surface area contributed by atoms with E-state index in [1.165, 1.54) is 6.42 Å². The summed E-state index contributed by atoms with van der Waals surface area (Å²) in [4.78, 5) is 18.5. The highest BCUT2D eigenvalue weighted by atomic mass is 16.1. The molecule has 3 N–H and O–H groups in total. The minimum Gasteiger partial charge on any atom is -0.356 e. The van der Waals surface area contributed by atoms with Gasteiger partial charge in [0, 0.05) is 31.3 Å². The summed E-state index contributed by atoms with van der Waals surface area (Å²) in [6, 6.07) is 0. The van der Waals surface area contributed by atoms with Crippen LogP contribution in [-0.4, -0.2) is 35.5 Å². The Morgan fingerprint density at radius 1 is 1.59 bits per heavy atom. The van der Waals surface area contributed by atoms with Crippen molar-refractivity contribution in [1.82, 2.24) is 20.6 Å². The van der Waals surface area contributed by atoms with Gasteiger partial charge >= 0.3 is 0 Å². The molecule has 0 spiro atoms. The van der Waals surface area contributed by atoms with Crippen LogP contribution in [0.1, 0.15) is 25.0 Å². The number of carbonyl (C=O) groups is 1. The fourth-order valence-electron chi connectivity index (χ4n) is 2.14. The molecule has 0 bridgehead atoms. The van der Waals surface area contributed by atoms with Crippen LogP contribution in [0.15, 0.2) is 12.5 Å². The molecule has 17 heavy (non-hydrogen) atoms. The highest BCUT2D eigenvalue weighted by Gasteiger charge is 2.15. The summed E-state index contributed by atoms with van der Waals surface area (Å²) in [5.74, 6) is 0.852. The summed E-state index contributed by atoms with van der Waals surface area (Å²) >= 11 is 0. The average Bonchev–Trinajstić information content (AvgIpc) is 2.99. The van der Waals surface area contributed by atoms with E-state index in [0.29, 0.717) is 18.9 Å². The number of rotatable bonds is 6. The number of amides is 1. The van der Waals surface area contributed by atoms with Crippen LogP contribution in [0.25, 0.3) is 0 Å². The van der Waals surface area contributed by atoms with Gasteiger partial charge in [-0.15, -0.1) is 0 Å². The van der Waals surface area contributed by atoms with E-state index >= 15 is 0 Å². The molecule has 94 valence electrons. The van der Waals surface area contributed by atoms with Crippen molar-refractivity contribution in [2.75, 3.05) is 19.6 Å². The third kappa shape index (κ3) is 4.19. The van der Waals surface area contributed by atoms with E-state index in [1.54, 1.807) is 12.5 Å². The van der Waals surface area contributed by atoms with Crippen LogP contribution >= 0.6 is 0 Å². The molecule has 1 atom stereocenters. The van der Waals surface area contributed by atoms with Crippen molar-refractivity contribution in [2.45, 2.75) is 25.7 Å². The minimum atomic E-state index is 0.163. The molecule has 0 aliphatic carbocycles. The van der Waals surface area contributed by atoms with Gasteiger partial charge in [0.05, 0.1) is 6.33 Å². The first-order chi connectivity index (χ1) is 8.34. The molecule has 1 fully saturated rings. The second-order valence-electron chi connectivity index (χ2n) is 4.57. The zero-order valence-electron chi connectivity index (χ0n) is 10.0. The molecule has 1 unspecified atom stereocenters. The molecule has 0 saturated carbocycles. The molecule has 2 rings (SSSR count). The van der Waals surface area contributed by atoms with Crippen LogP contribution in [0.5, 0.6) is 0 Å². The standard InChI is InChI=1S/C12H20N4O/c17-12(2-1-10-3-5-13-7-10)15-6-4-11-8-14-9-16-11/h8-10,13H,1-7H2,(H,14,16)(H,15,17). The Morgan fingerprint density at radius 3 is 3.24 bits per heavy atom. The van der Waals surface area contributed by atoms with Crippen LogP contribution in [-0.2, 0) is 11.2 Å². The third-order valence-electron chi connectivity index (χ3n) is 3.21. The van der Waals surface area contributed by atoms with Gasteiger partial charge in [-0.3, -0.25) is 4.79 Å². The lowest BCUT2D eigenvalue weighted by Crippen LogP contribution is -2.26. The lowest BCUT2D eigenvalue weighted by Gasteiger charge is -2.08. The zero-order valence-corrected chi connectivity index (χ0v) is 10.0. The highest BCUT2D eigenvalue weighted by Crippen LogP contribution is 2.13. The van der Waals surface area contributed by atoms with Gasteiger partial charge in [-0.2, -0.15) is 0 Å². The van der Waals surface area contributed by atoms with Gasteiger partial charge in [0.25, 0.3) is 0 Å². The Balaban J connectivity index is 1.54. The van der Waals surface area contributed by atoms with Crippen molar-refractivity contribution in [3.05, 3.63) is 18.2 Å².